The molecule has 2 aromatic rings. The molecule has 0 atom stereocenters. The molecule has 1 aromatic heterocycles. The Balaban J connectivity index is 1.75. The lowest BCUT2D eigenvalue weighted by molar-refractivity contribution is 0.174. The van der Waals surface area contributed by atoms with E-state index in [9.17, 15) is 0 Å². The van der Waals surface area contributed by atoms with Crippen LogP contribution in [0.25, 0.3) is 0 Å². The van der Waals surface area contributed by atoms with Crippen LogP contribution in [0.5, 0.6) is 23.0 Å². The van der Waals surface area contributed by atoms with Crippen molar-refractivity contribution in [2.75, 3.05) is 13.3 Å². The molecule has 0 radical (unpaired) electrons. The van der Waals surface area contributed by atoms with Crippen molar-refractivity contribution in [2.24, 2.45) is 0 Å². The molecule has 1 aliphatic rings. The first-order valence-corrected chi connectivity index (χ1v) is 7.08. The Hall–Kier alpha value is -2.27. The summed E-state index contributed by atoms with van der Waals surface area (Å²) in [5.74, 6) is 2.99. The average molecular weight is 286 g/mol. The van der Waals surface area contributed by atoms with Crippen LogP contribution in [0.3, 0.4) is 0 Å². The van der Waals surface area contributed by atoms with E-state index in [2.05, 4.69) is 17.2 Å². The van der Waals surface area contributed by atoms with Gasteiger partial charge in [0.1, 0.15) is 11.5 Å². The molecule has 0 amide bonds. The number of pyridine rings is 1. The van der Waals surface area contributed by atoms with Gasteiger partial charge in [0.25, 0.3) is 0 Å². The van der Waals surface area contributed by atoms with Crippen molar-refractivity contribution in [3.63, 3.8) is 0 Å². The molecule has 0 spiro atoms. The third-order valence-corrected chi connectivity index (χ3v) is 3.17. The lowest BCUT2D eigenvalue weighted by atomic mass is 10.2. The molecule has 1 aromatic carbocycles. The summed E-state index contributed by atoms with van der Waals surface area (Å²) < 4.78 is 16.6. The lowest BCUT2D eigenvalue weighted by Crippen LogP contribution is -2.14. The van der Waals surface area contributed by atoms with Gasteiger partial charge in [0.2, 0.25) is 6.79 Å². The predicted octanol–water partition coefficient (Wildman–Crippen LogP) is 3.10. The van der Waals surface area contributed by atoms with Gasteiger partial charge in [0, 0.05) is 30.6 Å². The van der Waals surface area contributed by atoms with Crippen LogP contribution in [0, 0.1) is 0 Å². The van der Waals surface area contributed by atoms with Crippen molar-refractivity contribution in [1.82, 2.24) is 10.3 Å². The summed E-state index contributed by atoms with van der Waals surface area (Å²) in [5, 5.41) is 3.35. The number of hydrogen-bond donors (Lipinski definition) is 1. The highest BCUT2D eigenvalue weighted by Crippen LogP contribution is 2.36. The van der Waals surface area contributed by atoms with E-state index in [4.69, 9.17) is 14.2 Å². The van der Waals surface area contributed by atoms with Crippen molar-refractivity contribution in [3.8, 4) is 23.0 Å². The second kappa shape index (κ2) is 6.45. The molecular weight excluding hydrogens is 268 g/mol. The number of ether oxygens (including phenoxy) is 3. The molecular formula is C16H18N2O3. The predicted molar refractivity (Wildman–Crippen MR) is 78.9 cm³/mol. The van der Waals surface area contributed by atoms with Crippen molar-refractivity contribution in [1.29, 1.82) is 0 Å². The summed E-state index contributed by atoms with van der Waals surface area (Å²) in [7, 11) is 0. The van der Waals surface area contributed by atoms with Gasteiger partial charge < -0.3 is 19.5 Å². The normalized spacial score (nSPS) is 12.4. The summed E-state index contributed by atoms with van der Waals surface area (Å²) in [6.45, 7) is 4.11. The Labute approximate surface area is 123 Å². The Morgan fingerprint density at radius 2 is 2.14 bits per heavy atom. The summed E-state index contributed by atoms with van der Waals surface area (Å²) in [6.07, 6.45) is 4.65. The third-order valence-electron chi connectivity index (χ3n) is 3.17. The van der Waals surface area contributed by atoms with Crippen LogP contribution < -0.4 is 19.5 Å². The summed E-state index contributed by atoms with van der Waals surface area (Å²) in [6, 6.07) is 7.44. The number of hydrogen-bond acceptors (Lipinski definition) is 5. The van der Waals surface area contributed by atoms with Gasteiger partial charge in [0.15, 0.2) is 11.5 Å². The second-order valence-electron chi connectivity index (χ2n) is 4.78. The lowest BCUT2D eigenvalue weighted by Gasteiger charge is -2.11. The number of benzene rings is 1. The molecule has 0 saturated carbocycles. The van der Waals surface area contributed by atoms with Crippen molar-refractivity contribution < 1.29 is 14.2 Å². The molecule has 0 unspecified atom stereocenters. The fourth-order valence-corrected chi connectivity index (χ4v) is 2.11. The minimum Gasteiger partial charge on any atom is -0.457 e. The Morgan fingerprint density at radius 3 is 3.05 bits per heavy atom. The second-order valence-corrected chi connectivity index (χ2v) is 4.78. The van der Waals surface area contributed by atoms with Gasteiger partial charge in [-0.15, -0.1) is 0 Å². The number of nitrogens with one attached hydrogen (secondary N) is 1. The highest BCUT2D eigenvalue weighted by atomic mass is 16.7. The summed E-state index contributed by atoms with van der Waals surface area (Å²) in [4.78, 5) is 4.16. The first-order valence-electron chi connectivity index (χ1n) is 7.08. The first-order chi connectivity index (χ1) is 10.4. The van der Waals surface area contributed by atoms with E-state index < -0.39 is 0 Å². The van der Waals surface area contributed by atoms with Crippen LogP contribution >= 0.6 is 0 Å². The Kier molecular flexibility index (Phi) is 4.21. The zero-order valence-electron chi connectivity index (χ0n) is 12.0. The van der Waals surface area contributed by atoms with Gasteiger partial charge in [-0.2, -0.15) is 0 Å². The smallest absolute Gasteiger partial charge is 0.231 e. The van der Waals surface area contributed by atoms with Gasteiger partial charge in [-0.3, -0.25) is 4.98 Å². The van der Waals surface area contributed by atoms with Gasteiger partial charge in [-0.1, -0.05) is 6.92 Å². The van der Waals surface area contributed by atoms with E-state index in [1.807, 2.05) is 30.5 Å². The van der Waals surface area contributed by atoms with Crippen LogP contribution in [0.1, 0.15) is 18.9 Å². The maximum atomic E-state index is 5.95. The van der Waals surface area contributed by atoms with Gasteiger partial charge in [-0.05, 0) is 31.2 Å². The van der Waals surface area contributed by atoms with E-state index in [0.29, 0.717) is 5.75 Å². The molecule has 21 heavy (non-hydrogen) atoms. The van der Waals surface area contributed by atoms with Crippen molar-refractivity contribution >= 4 is 0 Å². The van der Waals surface area contributed by atoms with Crippen LogP contribution in [0.4, 0.5) is 0 Å². The Morgan fingerprint density at radius 1 is 1.24 bits per heavy atom. The number of rotatable bonds is 6. The van der Waals surface area contributed by atoms with Crippen LogP contribution in [0.15, 0.2) is 36.7 Å². The summed E-state index contributed by atoms with van der Waals surface area (Å²) >= 11 is 0. The number of nitrogens with zero attached hydrogens (tertiary/aromatic N) is 1. The molecule has 3 rings (SSSR count). The summed E-state index contributed by atoms with van der Waals surface area (Å²) in [5.41, 5.74) is 1.03. The monoisotopic (exact) mass is 286 g/mol. The molecule has 5 nitrogen and oxygen atoms in total. The topological polar surface area (TPSA) is 52.6 Å². The molecule has 110 valence electrons. The minimum absolute atomic E-state index is 0.264. The van der Waals surface area contributed by atoms with E-state index >= 15 is 0 Å². The third kappa shape index (κ3) is 3.25. The highest BCUT2D eigenvalue weighted by Gasteiger charge is 2.14. The van der Waals surface area contributed by atoms with Crippen LogP contribution in [-0.2, 0) is 6.54 Å². The Bertz CT molecular complexity index is 616. The molecule has 1 aliphatic heterocycles. The first kappa shape index (κ1) is 13.7. The molecule has 0 saturated heterocycles. The maximum absolute atomic E-state index is 5.95. The quantitative estimate of drug-likeness (QED) is 0.827. The number of fused-ring (bicyclic) bond motifs is 1. The number of aromatic nitrogens is 1. The molecule has 2 heterocycles. The van der Waals surface area contributed by atoms with E-state index in [0.717, 1.165) is 42.3 Å². The van der Waals surface area contributed by atoms with E-state index in [1.165, 1.54) is 0 Å². The largest absolute Gasteiger partial charge is 0.457 e. The molecule has 0 aliphatic carbocycles. The zero-order valence-corrected chi connectivity index (χ0v) is 12.0. The molecule has 1 N–H and O–H groups in total. The fraction of sp³-hybridized carbons (Fsp3) is 0.312. The van der Waals surface area contributed by atoms with Crippen LogP contribution in [0.2, 0.25) is 0 Å². The fourth-order valence-electron chi connectivity index (χ4n) is 2.11. The van der Waals surface area contributed by atoms with Crippen molar-refractivity contribution in [2.45, 2.75) is 19.9 Å². The van der Waals surface area contributed by atoms with Crippen LogP contribution in [-0.4, -0.2) is 18.3 Å². The SMILES string of the molecule is CCCNCc1cnccc1Oc1ccc2c(c1)OCO2. The van der Waals surface area contributed by atoms with Crippen molar-refractivity contribution in [3.05, 3.63) is 42.2 Å². The minimum atomic E-state index is 0.264. The highest BCUT2D eigenvalue weighted by molar-refractivity contribution is 5.48. The van der Waals surface area contributed by atoms with Gasteiger partial charge >= 0.3 is 0 Å². The van der Waals surface area contributed by atoms with Gasteiger partial charge in [-0.25, -0.2) is 0 Å². The van der Waals surface area contributed by atoms with E-state index in [1.54, 1.807) is 6.20 Å². The maximum Gasteiger partial charge on any atom is 0.231 e. The molecule has 0 fully saturated rings. The molecule has 0 bridgehead atoms. The zero-order chi connectivity index (χ0) is 14.5. The van der Waals surface area contributed by atoms with Gasteiger partial charge in [0.05, 0.1) is 0 Å². The standard InChI is InChI=1S/C16H18N2O3/c1-2-6-17-9-12-10-18-7-5-14(12)21-13-3-4-15-16(8-13)20-11-19-15/h3-5,7-8,10,17H,2,6,9,11H2,1H3. The molecule has 5 heteroatoms. The van der Waals surface area contributed by atoms with E-state index in [-0.39, 0.29) is 6.79 Å². The average Bonchev–Trinajstić information content (AvgIpc) is 2.97.